The molecule has 6 rings (SSSR count). The van der Waals surface area contributed by atoms with Gasteiger partial charge in [-0.05, 0) is 56.9 Å². The number of nitrogens with one attached hydrogen (secondary N) is 2. The van der Waals surface area contributed by atoms with Crippen LogP contribution < -0.4 is 16.4 Å². The van der Waals surface area contributed by atoms with Gasteiger partial charge in [0.15, 0.2) is 5.76 Å². The van der Waals surface area contributed by atoms with Gasteiger partial charge in [-0.1, -0.05) is 36.4 Å². The Morgan fingerprint density at radius 2 is 1.68 bits per heavy atom. The zero-order valence-electron chi connectivity index (χ0n) is 17.7. The van der Waals surface area contributed by atoms with Gasteiger partial charge >= 0.3 is 6.03 Å². The third-order valence-corrected chi connectivity index (χ3v) is 6.04. The van der Waals surface area contributed by atoms with Gasteiger partial charge in [-0.25, -0.2) is 4.79 Å². The number of carbonyl (C=O) groups excluding carboxylic acids is 2. The maximum Gasteiger partial charge on any atom is 0.318 e. The molecule has 0 radical (unpaired) electrons. The second kappa shape index (κ2) is 9.22. The zero-order chi connectivity index (χ0) is 21.8. The van der Waals surface area contributed by atoms with Crippen molar-refractivity contribution < 1.29 is 14.0 Å². The van der Waals surface area contributed by atoms with Gasteiger partial charge < -0.3 is 25.7 Å². The first-order chi connectivity index (χ1) is 15.0. The van der Waals surface area contributed by atoms with Crippen LogP contribution in [0.3, 0.4) is 0 Å². The number of rotatable bonds is 3. The average molecular weight is 421 g/mol. The Labute approximate surface area is 181 Å². The summed E-state index contributed by atoms with van der Waals surface area (Å²) in [6, 6.07) is 14.2. The summed E-state index contributed by atoms with van der Waals surface area (Å²) in [5.41, 5.74) is 8.02. The Morgan fingerprint density at radius 1 is 1.00 bits per heavy atom. The molecule has 3 aliphatic rings. The summed E-state index contributed by atoms with van der Waals surface area (Å²) in [4.78, 5) is 25.5. The summed E-state index contributed by atoms with van der Waals surface area (Å²) in [5, 5.41) is 6.05. The van der Waals surface area contributed by atoms with Gasteiger partial charge in [0.2, 0.25) is 0 Å². The van der Waals surface area contributed by atoms with E-state index in [1.807, 2.05) is 36.4 Å². The molecule has 7 nitrogen and oxygen atoms in total. The van der Waals surface area contributed by atoms with Crippen molar-refractivity contribution in [2.45, 2.75) is 19.3 Å². The summed E-state index contributed by atoms with van der Waals surface area (Å²) in [5.74, 6) is 0.591. The van der Waals surface area contributed by atoms with E-state index in [4.69, 9.17) is 10.2 Å². The molecule has 162 valence electrons. The van der Waals surface area contributed by atoms with Crippen LogP contribution in [0.15, 0.2) is 52.9 Å². The molecule has 3 aromatic rings. The standard InChI is InChI=1S/C17H15N3O3.C7H13N/c1-19-17(22)20-13-8-3-2-6-11(13)12-7-4-5-10-9-14(16(18)21)23-15(10)12;1-4-8-5-2-7(1)3-6-8/h2-9H,1H3,(H2,18,21)(H2,19,20,22);7H,1-6H2. The van der Waals surface area contributed by atoms with Gasteiger partial charge in [-0.15, -0.1) is 0 Å². The predicted octanol–water partition coefficient (Wildman–Crippen LogP) is 4.05. The van der Waals surface area contributed by atoms with Crippen LogP contribution in [0.1, 0.15) is 29.8 Å². The Balaban J connectivity index is 0.000000239. The van der Waals surface area contributed by atoms with E-state index >= 15 is 0 Å². The maximum atomic E-state index is 11.6. The van der Waals surface area contributed by atoms with Gasteiger partial charge in [0.1, 0.15) is 5.58 Å². The number of furan rings is 1. The third-order valence-electron chi connectivity index (χ3n) is 6.04. The van der Waals surface area contributed by atoms with E-state index in [0.29, 0.717) is 11.3 Å². The summed E-state index contributed by atoms with van der Waals surface area (Å²) in [7, 11) is 1.55. The Bertz CT molecular complexity index is 1060. The van der Waals surface area contributed by atoms with Gasteiger partial charge in [-0.2, -0.15) is 0 Å². The van der Waals surface area contributed by atoms with Crippen molar-refractivity contribution in [3.8, 4) is 11.1 Å². The van der Waals surface area contributed by atoms with E-state index in [2.05, 4.69) is 15.5 Å². The molecule has 0 spiro atoms. The number of fused-ring (bicyclic) bond motifs is 4. The second-order valence-corrected chi connectivity index (χ2v) is 8.02. The number of para-hydroxylation sites is 2. The molecule has 3 saturated heterocycles. The first-order valence-electron chi connectivity index (χ1n) is 10.7. The first kappa shape index (κ1) is 20.9. The van der Waals surface area contributed by atoms with Crippen LogP contribution in [-0.4, -0.2) is 43.5 Å². The molecule has 3 aliphatic heterocycles. The van der Waals surface area contributed by atoms with Crippen molar-refractivity contribution in [1.82, 2.24) is 10.2 Å². The minimum Gasteiger partial charge on any atom is -0.450 e. The van der Waals surface area contributed by atoms with E-state index in [9.17, 15) is 9.59 Å². The Hall–Kier alpha value is -3.32. The quantitative estimate of drug-likeness (QED) is 0.595. The highest BCUT2D eigenvalue weighted by atomic mass is 16.3. The number of anilines is 1. The van der Waals surface area contributed by atoms with Crippen LogP contribution in [0.5, 0.6) is 0 Å². The normalized spacial score (nSPS) is 19.4. The smallest absolute Gasteiger partial charge is 0.318 e. The van der Waals surface area contributed by atoms with E-state index in [0.717, 1.165) is 22.4 Å². The van der Waals surface area contributed by atoms with Crippen molar-refractivity contribution in [3.05, 3.63) is 54.3 Å². The maximum absolute atomic E-state index is 11.6. The van der Waals surface area contributed by atoms with Gasteiger partial charge in [0, 0.05) is 23.6 Å². The molecule has 0 aliphatic carbocycles. The topological polar surface area (TPSA) is 101 Å². The number of nitrogens with zero attached hydrogens (tertiary/aromatic N) is 1. The fourth-order valence-electron chi connectivity index (χ4n) is 4.27. The van der Waals surface area contributed by atoms with Gasteiger partial charge in [0.05, 0.1) is 5.69 Å². The summed E-state index contributed by atoms with van der Waals surface area (Å²) in [6.45, 7) is 4.18. The monoisotopic (exact) mass is 420 g/mol. The lowest BCUT2D eigenvalue weighted by Crippen LogP contribution is -2.41. The van der Waals surface area contributed by atoms with E-state index in [1.54, 1.807) is 19.2 Å². The predicted molar refractivity (Wildman–Crippen MR) is 122 cm³/mol. The number of urea groups is 1. The zero-order valence-corrected chi connectivity index (χ0v) is 17.7. The van der Waals surface area contributed by atoms with Gasteiger partial charge in [-0.3, -0.25) is 4.79 Å². The first-order valence-corrected chi connectivity index (χ1v) is 10.7. The van der Waals surface area contributed by atoms with E-state index < -0.39 is 5.91 Å². The van der Waals surface area contributed by atoms with Crippen LogP contribution in [0, 0.1) is 5.92 Å². The number of nitrogens with two attached hydrogens (primary N) is 1. The fraction of sp³-hybridized carbons (Fsp3) is 0.333. The van der Waals surface area contributed by atoms with E-state index in [1.165, 1.54) is 38.9 Å². The number of hydrogen-bond acceptors (Lipinski definition) is 4. The molecular weight excluding hydrogens is 392 g/mol. The molecule has 4 heterocycles. The Morgan fingerprint density at radius 3 is 2.26 bits per heavy atom. The SMILES string of the molecule is C1CN2CCC1CC2.CNC(=O)Nc1ccccc1-c1cccc2cc(C(N)=O)oc12. The lowest BCUT2D eigenvalue weighted by atomic mass is 9.89. The molecule has 31 heavy (non-hydrogen) atoms. The number of hydrogen-bond donors (Lipinski definition) is 3. The number of piperidine rings is 3. The molecule has 7 heteroatoms. The lowest BCUT2D eigenvalue weighted by Gasteiger charge is -2.38. The Kier molecular flexibility index (Phi) is 6.23. The van der Waals surface area contributed by atoms with Crippen LogP contribution in [0.25, 0.3) is 22.1 Å². The summed E-state index contributed by atoms with van der Waals surface area (Å²) in [6.07, 6.45) is 4.46. The number of amides is 3. The third kappa shape index (κ3) is 4.72. The molecular formula is C24H28N4O3. The number of benzene rings is 2. The molecule has 2 bridgehead atoms. The van der Waals surface area contributed by atoms with Crippen LogP contribution in [0.4, 0.5) is 10.5 Å². The highest BCUT2D eigenvalue weighted by Gasteiger charge is 2.24. The van der Waals surface area contributed by atoms with Crippen molar-refractivity contribution in [2.75, 3.05) is 32.0 Å². The fourth-order valence-corrected chi connectivity index (χ4v) is 4.27. The molecule has 3 fully saturated rings. The summed E-state index contributed by atoms with van der Waals surface area (Å²) < 4.78 is 5.60. The van der Waals surface area contributed by atoms with Crippen LogP contribution >= 0.6 is 0 Å². The minimum absolute atomic E-state index is 0.101. The largest absolute Gasteiger partial charge is 0.450 e. The van der Waals surface area contributed by atoms with Crippen LogP contribution in [0.2, 0.25) is 0 Å². The van der Waals surface area contributed by atoms with Crippen LogP contribution in [-0.2, 0) is 0 Å². The van der Waals surface area contributed by atoms with Crippen molar-refractivity contribution in [1.29, 1.82) is 0 Å². The average Bonchev–Trinajstić information content (AvgIpc) is 3.26. The van der Waals surface area contributed by atoms with Gasteiger partial charge in [0.25, 0.3) is 5.91 Å². The van der Waals surface area contributed by atoms with Crippen molar-refractivity contribution >= 4 is 28.6 Å². The summed E-state index contributed by atoms with van der Waals surface area (Å²) >= 11 is 0. The highest BCUT2D eigenvalue weighted by molar-refractivity contribution is 6.02. The van der Waals surface area contributed by atoms with E-state index in [-0.39, 0.29) is 11.8 Å². The number of primary amides is 1. The van der Waals surface area contributed by atoms with Crippen molar-refractivity contribution in [2.24, 2.45) is 11.7 Å². The molecule has 2 aromatic carbocycles. The number of carbonyl (C=O) groups is 2. The molecule has 4 N–H and O–H groups in total. The molecule has 3 amide bonds. The lowest BCUT2D eigenvalue weighted by molar-refractivity contribution is 0.0976. The molecule has 0 atom stereocenters. The second-order valence-electron chi connectivity index (χ2n) is 8.02. The molecule has 0 unspecified atom stereocenters. The minimum atomic E-state index is -0.621. The highest BCUT2D eigenvalue weighted by Crippen LogP contribution is 2.35. The molecule has 0 saturated carbocycles. The molecule has 1 aromatic heterocycles. The van der Waals surface area contributed by atoms with Crippen molar-refractivity contribution in [3.63, 3.8) is 0 Å².